The lowest BCUT2D eigenvalue weighted by atomic mass is 10.5. The summed E-state index contributed by atoms with van der Waals surface area (Å²) in [6.45, 7) is 2.26. The van der Waals surface area contributed by atoms with Crippen LogP contribution in [0.4, 0.5) is 0 Å². The van der Waals surface area contributed by atoms with Crippen LogP contribution in [0, 0.1) is 6.61 Å². The average Bonchev–Trinajstić information content (AvgIpc) is 1.72. The van der Waals surface area contributed by atoms with Crippen molar-refractivity contribution in [2.75, 3.05) is 6.73 Å². The van der Waals surface area contributed by atoms with Crippen LogP contribution in [0.3, 0.4) is 0 Å². The van der Waals surface area contributed by atoms with Gasteiger partial charge in [0.25, 0.3) is 0 Å². The molecule has 1 radical (unpaired) electrons. The highest BCUT2D eigenvalue weighted by Crippen LogP contribution is 1.91. The third kappa shape index (κ3) is 0.792. The SMILES string of the molecule is [CH]1CC=NCO1. The average molecular weight is 84.1 g/mol. The quantitative estimate of drug-likeness (QED) is 0.421. The Morgan fingerprint density at radius 1 is 1.67 bits per heavy atom. The maximum atomic E-state index is 4.75. The first kappa shape index (κ1) is 3.81. The van der Waals surface area contributed by atoms with Gasteiger partial charge in [0.05, 0.1) is 6.61 Å². The molecule has 0 aliphatic carbocycles. The van der Waals surface area contributed by atoms with Gasteiger partial charge in [-0.1, -0.05) is 0 Å². The molecule has 0 unspecified atom stereocenters. The second-order valence-corrected chi connectivity index (χ2v) is 1.06. The summed E-state index contributed by atoms with van der Waals surface area (Å²) in [5.41, 5.74) is 0. The molecule has 1 rings (SSSR count). The van der Waals surface area contributed by atoms with Crippen molar-refractivity contribution in [3.05, 3.63) is 6.61 Å². The maximum Gasteiger partial charge on any atom is 0.137 e. The lowest BCUT2D eigenvalue weighted by Gasteiger charge is -1.99. The number of hydrogen-bond donors (Lipinski definition) is 0. The van der Waals surface area contributed by atoms with Crippen LogP contribution >= 0.6 is 0 Å². The zero-order chi connectivity index (χ0) is 4.24. The third-order valence-electron chi connectivity index (χ3n) is 0.598. The molecule has 0 saturated heterocycles. The number of rotatable bonds is 0. The minimum Gasteiger partial charge on any atom is -0.353 e. The van der Waals surface area contributed by atoms with E-state index in [4.69, 9.17) is 4.74 Å². The third-order valence-corrected chi connectivity index (χ3v) is 0.598. The molecular weight excluding hydrogens is 78.0 g/mol. The summed E-state index contributed by atoms with van der Waals surface area (Å²) in [6.07, 6.45) is 2.70. The smallest absolute Gasteiger partial charge is 0.137 e. The molecule has 0 saturated carbocycles. The monoisotopic (exact) mass is 84.0 g/mol. The largest absolute Gasteiger partial charge is 0.353 e. The van der Waals surface area contributed by atoms with Crippen molar-refractivity contribution < 1.29 is 4.74 Å². The van der Waals surface area contributed by atoms with Crippen LogP contribution in [-0.2, 0) is 4.74 Å². The van der Waals surface area contributed by atoms with Crippen molar-refractivity contribution in [2.24, 2.45) is 4.99 Å². The second-order valence-electron chi connectivity index (χ2n) is 1.06. The first-order valence-electron chi connectivity index (χ1n) is 1.92. The Bertz CT molecular complexity index is 52.6. The van der Waals surface area contributed by atoms with Gasteiger partial charge in [-0.3, -0.25) is 4.99 Å². The lowest BCUT2D eigenvalue weighted by Crippen LogP contribution is -1.95. The summed E-state index contributed by atoms with van der Waals surface area (Å²) >= 11 is 0. The molecule has 1 heterocycles. The molecule has 0 atom stereocenters. The fraction of sp³-hybridized carbons (Fsp3) is 0.500. The van der Waals surface area contributed by atoms with Crippen molar-refractivity contribution in [3.8, 4) is 0 Å². The number of aliphatic imine (C=N–C) groups is 1. The van der Waals surface area contributed by atoms with Gasteiger partial charge in [0.2, 0.25) is 0 Å². The van der Waals surface area contributed by atoms with Crippen LogP contribution in [0.1, 0.15) is 6.42 Å². The molecule has 1 aliphatic heterocycles. The van der Waals surface area contributed by atoms with Crippen molar-refractivity contribution >= 4 is 6.21 Å². The molecule has 0 N–H and O–H groups in total. The minimum atomic E-state index is 0.514. The van der Waals surface area contributed by atoms with Gasteiger partial charge in [0, 0.05) is 12.6 Å². The summed E-state index contributed by atoms with van der Waals surface area (Å²) < 4.78 is 4.75. The van der Waals surface area contributed by atoms with E-state index in [1.807, 2.05) is 6.21 Å². The Labute approximate surface area is 36.8 Å². The van der Waals surface area contributed by atoms with E-state index in [2.05, 4.69) is 4.99 Å². The lowest BCUT2D eigenvalue weighted by molar-refractivity contribution is 0.202. The Balaban J connectivity index is 2.26. The Morgan fingerprint density at radius 3 is 2.83 bits per heavy atom. The Morgan fingerprint density at radius 2 is 2.67 bits per heavy atom. The standard InChI is InChI=1S/C4H6NO/c1-2-5-4-6-3-1/h2-3H,1,4H2. The molecule has 0 aromatic heterocycles. The van der Waals surface area contributed by atoms with Gasteiger partial charge in [-0.15, -0.1) is 0 Å². The zero-order valence-corrected chi connectivity index (χ0v) is 3.42. The minimum absolute atomic E-state index is 0.514. The molecule has 0 spiro atoms. The molecule has 1 aliphatic rings. The van der Waals surface area contributed by atoms with Crippen LogP contribution in [0.15, 0.2) is 4.99 Å². The number of ether oxygens (including phenoxy) is 1. The number of hydrogen-bond acceptors (Lipinski definition) is 2. The van der Waals surface area contributed by atoms with Gasteiger partial charge in [-0.2, -0.15) is 0 Å². The summed E-state index contributed by atoms with van der Waals surface area (Å²) in [5.74, 6) is 0. The van der Waals surface area contributed by atoms with E-state index in [1.54, 1.807) is 6.61 Å². The molecule has 2 heteroatoms. The van der Waals surface area contributed by atoms with Crippen LogP contribution in [-0.4, -0.2) is 12.9 Å². The summed E-state index contributed by atoms with van der Waals surface area (Å²) in [5, 5.41) is 0. The van der Waals surface area contributed by atoms with Gasteiger partial charge in [-0.05, 0) is 0 Å². The summed E-state index contributed by atoms with van der Waals surface area (Å²) in [6, 6.07) is 0. The molecule has 6 heavy (non-hydrogen) atoms. The highest BCUT2D eigenvalue weighted by molar-refractivity contribution is 5.58. The van der Waals surface area contributed by atoms with E-state index in [1.165, 1.54) is 0 Å². The highest BCUT2D eigenvalue weighted by Gasteiger charge is 1.87. The highest BCUT2D eigenvalue weighted by atomic mass is 16.5. The molecule has 0 aromatic carbocycles. The van der Waals surface area contributed by atoms with E-state index in [0.29, 0.717) is 6.73 Å². The van der Waals surface area contributed by atoms with Gasteiger partial charge >= 0.3 is 0 Å². The van der Waals surface area contributed by atoms with Crippen LogP contribution < -0.4 is 0 Å². The second kappa shape index (κ2) is 1.92. The fourth-order valence-corrected chi connectivity index (χ4v) is 0.334. The normalized spacial score (nSPS) is 21.3. The predicted octanol–water partition coefficient (Wildman–Crippen LogP) is 0.597. The molecule has 0 amide bonds. The molecule has 0 fully saturated rings. The Kier molecular flexibility index (Phi) is 1.22. The topological polar surface area (TPSA) is 21.6 Å². The number of nitrogens with zero attached hydrogens (tertiary/aromatic N) is 1. The first-order valence-corrected chi connectivity index (χ1v) is 1.92. The van der Waals surface area contributed by atoms with Crippen molar-refractivity contribution in [2.45, 2.75) is 6.42 Å². The molecular formula is C4H6NO. The van der Waals surface area contributed by atoms with Crippen LogP contribution in [0.25, 0.3) is 0 Å². The van der Waals surface area contributed by atoms with Crippen molar-refractivity contribution in [1.82, 2.24) is 0 Å². The maximum absolute atomic E-state index is 4.75. The van der Waals surface area contributed by atoms with Crippen LogP contribution in [0.5, 0.6) is 0 Å². The van der Waals surface area contributed by atoms with E-state index in [-0.39, 0.29) is 0 Å². The van der Waals surface area contributed by atoms with Crippen molar-refractivity contribution in [1.29, 1.82) is 0 Å². The zero-order valence-electron chi connectivity index (χ0n) is 3.42. The van der Waals surface area contributed by atoms with Gasteiger partial charge < -0.3 is 4.74 Å². The van der Waals surface area contributed by atoms with E-state index in [0.717, 1.165) is 6.42 Å². The first-order chi connectivity index (χ1) is 3.00. The predicted molar refractivity (Wildman–Crippen MR) is 23.4 cm³/mol. The summed E-state index contributed by atoms with van der Waals surface area (Å²) in [7, 11) is 0. The molecule has 2 nitrogen and oxygen atoms in total. The molecule has 33 valence electrons. The van der Waals surface area contributed by atoms with E-state index < -0.39 is 0 Å². The van der Waals surface area contributed by atoms with Gasteiger partial charge in [0.15, 0.2) is 0 Å². The fourth-order valence-electron chi connectivity index (χ4n) is 0.334. The van der Waals surface area contributed by atoms with E-state index >= 15 is 0 Å². The van der Waals surface area contributed by atoms with E-state index in [9.17, 15) is 0 Å². The van der Waals surface area contributed by atoms with Gasteiger partial charge in [-0.25, -0.2) is 0 Å². The Hall–Kier alpha value is -0.370. The summed E-state index contributed by atoms with van der Waals surface area (Å²) in [4.78, 5) is 3.80. The van der Waals surface area contributed by atoms with Crippen LogP contribution in [0.2, 0.25) is 0 Å². The van der Waals surface area contributed by atoms with Gasteiger partial charge in [0.1, 0.15) is 6.73 Å². The molecule has 0 aromatic rings. The molecule has 0 bridgehead atoms. The van der Waals surface area contributed by atoms with Crippen molar-refractivity contribution in [3.63, 3.8) is 0 Å².